The predicted octanol–water partition coefficient (Wildman–Crippen LogP) is 3.93. The lowest BCUT2D eigenvalue weighted by Gasteiger charge is -2.31. The van der Waals surface area contributed by atoms with Gasteiger partial charge in [0, 0.05) is 13.1 Å². The van der Waals surface area contributed by atoms with E-state index in [4.69, 9.17) is 4.74 Å². The first-order valence-corrected chi connectivity index (χ1v) is 12.8. The standard InChI is InChI=1S/C23H40N2O5S/c1-7-24(8-2)14-15-25(17-31(27,28)29)22(23(26)30-16-13-18(3)4)21-11-9-20(10-12-21)19(5)6/h9-12,18-19,22H,7-8,13-17H2,1-6H3,(H,27,28,29). The molecule has 1 aromatic rings. The number of hydrogen-bond acceptors (Lipinski definition) is 6. The van der Waals surface area contributed by atoms with Gasteiger partial charge < -0.3 is 9.64 Å². The fraction of sp³-hybridized carbons (Fsp3) is 0.696. The van der Waals surface area contributed by atoms with Crippen molar-refractivity contribution in [2.24, 2.45) is 5.92 Å². The molecule has 0 saturated heterocycles. The van der Waals surface area contributed by atoms with Crippen LogP contribution < -0.4 is 0 Å². The Kier molecular flexibility index (Phi) is 11.7. The molecule has 8 heteroatoms. The zero-order chi connectivity index (χ0) is 23.6. The van der Waals surface area contributed by atoms with Gasteiger partial charge in [-0.15, -0.1) is 0 Å². The van der Waals surface area contributed by atoms with Gasteiger partial charge >= 0.3 is 5.97 Å². The zero-order valence-electron chi connectivity index (χ0n) is 19.9. The Labute approximate surface area is 188 Å². The normalized spacial score (nSPS) is 13.4. The molecule has 0 aromatic heterocycles. The van der Waals surface area contributed by atoms with E-state index in [2.05, 4.69) is 18.7 Å². The van der Waals surface area contributed by atoms with Crippen LogP contribution in [0.2, 0.25) is 0 Å². The number of esters is 1. The molecule has 1 aromatic carbocycles. The average Bonchev–Trinajstić information content (AvgIpc) is 2.67. The second-order valence-electron chi connectivity index (χ2n) is 8.62. The van der Waals surface area contributed by atoms with Crippen LogP contribution in [0, 0.1) is 5.92 Å². The lowest BCUT2D eigenvalue weighted by molar-refractivity contribution is -0.150. The topological polar surface area (TPSA) is 87.2 Å². The summed E-state index contributed by atoms with van der Waals surface area (Å²) in [5, 5.41) is 0. The van der Waals surface area contributed by atoms with Gasteiger partial charge in [0.1, 0.15) is 11.9 Å². The molecule has 178 valence electrons. The molecule has 0 heterocycles. The molecule has 0 spiro atoms. The van der Waals surface area contributed by atoms with Crippen molar-refractivity contribution in [2.45, 2.75) is 59.9 Å². The Morgan fingerprint density at radius 3 is 2.00 bits per heavy atom. The van der Waals surface area contributed by atoms with Gasteiger partial charge in [0.2, 0.25) is 0 Å². The first-order chi connectivity index (χ1) is 14.5. The van der Waals surface area contributed by atoms with Crippen molar-refractivity contribution < 1.29 is 22.5 Å². The van der Waals surface area contributed by atoms with Crippen molar-refractivity contribution in [1.82, 2.24) is 9.80 Å². The maximum atomic E-state index is 13.1. The van der Waals surface area contributed by atoms with E-state index in [1.54, 1.807) is 0 Å². The van der Waals surface area contributed by atoms with Gasteiger partial charge in [-0.3, -0.25) is 9.45 Å². The molecule has 0 aliphatic carbocycles. The van der Waals surface area contributed by atoms with Crippen LogP contribution >= 0.6 is 0 Å². The highest BCUT2D eigenvalue weighted by atomic mass is 32.2. The van der Waals surface area contributed by atoms with E-state index in [9.17, 15) is 17.8 Å². The fourth-order valence-corrected chi connectivity index (χ4v) is 4.02. The monoisotopic (exact) mass is 456 g/mol. The van der Waals surface area contributed by atoms with Crippen molar-refractivity contribution in [2.75, 3.05) is 38.7 Å². The third kappa shape index (κ3) is 10.1. The van der Waals surface area contributed by atoms with Crippen LogP contribution in [0.25, 0.3) is 0 Å². The van der Waals surface area contributed by atoms with Crippen LogP contribution in [0.3, 0.4) is 0 Å². The Morgan fingerprint density at radius 1 is 1.00 bits per heavy atom. The number of carbonyl (C=O) groups is 1. The largest absolute Gasteiger partial charge is 0.464 e. The number of benzene rings is 1. The second-order valence-corrected chi connectivity index (χ2v) is 10.0. The maximum absolute atomic E-state index is 13.1. The molecule has 0 radical (unpaired) electrons. The number of carbonyl (C=O) groups excluding carboxylic acids is 1. The summed E-state index contributed by atoms with van der Waals surface area (Å²) in [5.74, 6) is -0.416. The summed E-state index contributed by atoms with van der Waals surface area (Å²) < 4.78 is 38.7. The highest BCUT2D eigenvalue weighted by Crippen LogP contribution is 2.26. The minimum atomic E-state index is -4.33. The summed E-state index contributed by atoms with van der Waals surface area (Å²) in [6, 6.07) is 6.68. The molecule has 0 fully saturated rings. The first kappa shape index (κ1) is 27.6. The molecule has 31 heavy (non-hydrogen) atoms. The summed E-state index contributed by atoms with van der Waals surface area (Å²) >= 11 is 0. The highest BCUT2D eigenvalue weighted by Gasteiger charge is 2.32. The van der Waals surface area contributed by atoms with E-state index < -0.39 is 28.0 Å². The van der Waals surface area contributed by atoms with Gasteiger partial charge in [-0.2, -0.15) is 8.42 Å². The molecule has 0 saturated carbocycles. The van der Waals surface area contributed by atoms with Crippen LogP contribution in [0.4, 0.5) is 0 Å². The second kappa shape index (κ2) is 13.2. The summed E-state index contributed by atoms with van der Waals surface area (Å²) in [5.41, 5.74) is 1.78. The molecule has 1 unspecified atom stereocenters. The van der Waals surface area contributed by atoms with Gasteiger partial charge in [0.15, 0.2) is 0 Å². The fourth-order valence-electron chi connectivity index (χ4n) is 3.32. The minimum absolute atomic E-state index is 0.271. The van der Waals surface area contributed by atoms with Gasteiger partial charge in [0.25, 0.3) is 10.1 Å². The summed E-state index contributed by atoms with van der Waals surface area (Å²) in [7, 11) is -4.33. The first-order valence-electron chi connectivity index (χ1n) is 11.2. The Balaban J connectivity index is 3.26. The van der Waals surface area contributed by atoms with Crippen molar-refractivity contribution in [3.8, 4) is 0 Å². The van der Waals surface area contributed by atoms with Crippen molar-refractivity contribution >= 4 is 16.1 Å². The highest BCUT2D eigenvalue weighted by molar-refractivity contribution is 7.85. The third-order valence-corrected chi connectivity index (χ3v) is 6.03. The van der Waals surface area contributed by atoms with Crippen molar-refractivity contribution in [1.29, 1.82) is 0 Å². The molecule has 0 aliphatic rings. The minimum Gasteiger partial charge on any atom is -0.464 e. The number of ether oxygens (including phenoxy) is 1. The van der Waals surface area contributed by atoms with E-state index in [1.807, 2.05) is 52.0 Å². The molecule has 7 nitrogen and oxygen atoms in total. The van der Waals surface area contributed by atoms with Gasteiger partial charge in [-0.25, -0.2) is 4.79 Å². The van der Waals surface area contributed by atoms with Gasteiger partial charge in [0.05, 0.1) is 6.61 Å². The molecule has 0 aliphatic heterocycles. The molecule has 1 N–H and O–H groups in total. The smallest absolute Gasteiger partial charge is 0.328 e. The number of rotatable bonds is 14. The van der Waals surface area contributed by atoms with E-state index in [0.717, 1.165) is 25.1 Å². The van der Waals surface area contributed by atoms with Crippen LogP contribution in [-0.2, 0) is 19.6 Å². The van der Waals surface area contributed by atoms with E-state index >= 15 is 0 Å². The summed E-state index contributed by atoms with van der Waals surface area (Å²) in [4.78, 5) is 16.7. The number of nitrogens with zero attached hydrogens (tertiary/aromatic N) is 2. The molecule has 0 amide bonds. The van der Waals surface area contributed by atoms with E-state index in [0.29, 0.717) is 30.5 Å². The van der Waals surface area contributed by atoms with Crippen LogP contribution in [0.5, 0.6) is 0 Å². The molecular weight excluding hydrogens is 416 g/mol. The Bertz CT molecular complexity index is 759. The van der Waals surface area contributed by atoms with Gasteiger partial charge in [-0.1, -0.05) is 65.8 Å². The zero-order valence-corrected chi connectivity index (χ0v) is 20.7. The van der Waals surface area contributed by atoms with Crippen LogP contribution in [0.15, 0.2) is 24.3 Å². The lowest BCUT2D eigenvalue weighted by atomic mass is 9.98. The summed E-state index contributed by atoms with van der Waals surface area (Å²) in [6.45, 7) is 15.1. The predicted molar refractivity (Wildman–Crippen MR) is 125 cm³/mol. The molecule has 1 atom stereocenters. The van der Waals surface area contributed by atoms with E-state index in [-0.39, 0.29) is 6.61 Å². The maximum Gasteiger partial charge on any atom is 0.328 e. The summed E-state index contributed by atoms with van der Waals surface area (Å²) in [6.07, 6.45) is 0.725. The average molecular weight is 457 g/mol. The SMILES string of the molecule is CCN(CC)CCN(CS(=O)(=O)O)C(C(=O)OCCC(C)C)c1ccc(C(C)C)cc1. The van der Waals surface area contributed by atoms with Crippen LogP contribution in [-0.4, -0.2) is 67.4 Å². The Hall–Kier alpha value is -1.48. The number of likely N-dealkylation sites (N-methyl/N-ethyl adjacent to an activating group) is 1. The van der Waals surface area contributed by atoms with Crippen molar-refractivity contribution in [3.63, 3.8) is 0 Å². The molecular formula is C23H40N2O5S. The number of hydrogen-bond donors (Lipinski definition) is 1. The van der Waals surface area contributed by atoms with Crippen LogP contribution in [0.1, 0.15) is 71.0 Å². The molecule has 0 bridgehead atoms. The Morgan fingerprint density at radius 2 is 1.55 bits per heavy atom. The lowest BCUT2D eigenvalue weighted by Crippen LogP contribution is -2.43. The third-order valence-electron chi connectivity index (χ3n) is 5.37. The quantitative estimate of drug-likeness (QED) is 0.335. The molecule has 1 rings (SSSR count). The van der Waals surface area contributed by atoms with Gasteiger partial charge in [-0.05, 0) is 42.5 Å². The van der Waals surface area contributed by atoms with E-state index in [1.165, 1.54) is 4.90 Å². The van der Waals surface area contributed by atoms with Crippen molar-refractivity contribution in [3.05, 3.63) is 35.4 Å².